The van der Waals surface area contributed by atoms with Gasteiger partial charge in [0.05, 0.1) is 65.7 Å². The van der Waals surface area contributed by atoms with E-state index in [9.17, 15) is 39.6 Å². The van der Waals surface area contributed by atoms with Crippen molar-refractivity contribution in [2.45, 2.75) is 160 Å². The molecule has 0 saturated carbocycles. The summed E-state index contributed by atoms with van der Waals surface area (Å²) in [4.78, 5) is 70.2. The number of H-pyrrole nitrogens is 3. The molecule has 26 heteroatoms. The summed E-state index contributed by atoms with van der Waals surface area (Å²) in [5.41, 5.74) is 13.5. The van der Waals surface area contributed by atoms with Crippen LogP contribution < -0.4 is 44.8 Å². The Bertz CT molecular complexity index is 3420. The van der Waals surface area contributed by atoms with E-state index in [0.29, 0.717) is 59.4 Å². The van der Waals surface area contributed by atoms with Crippen molar-refractivity contribution in [2.75, 3.05) is 23.8 Å². The number of aliphatic hydroxyl groups is 4. The summed E-state index contributed by atoms with van der Waals surface area (Å²) in [6, 6.07) is 5.06. The number of aromatic amines is 3. The summed E-state index contributed by atoms with van der Waals surface area (Å²) >= 11 is 0. The van der Waals surface area contributed by atoms with Crippen LogP contribution in [-0.2, 0) is 26.0 Å². The quantitative estimate of drug-likeness (QED) is 0.0987. The predicted octanol–water partition coefficient (Wildman–Crippen LogP) is 1.94. The molecule has 12 N–H and O–H groups in total. The van der Waals surface area contributed by atoms with Crippen molar-refractivity contribution in [2.24, 2.45) is 7.05 Å². The maximum absolute atomic E-state index is 11.7. The molecule has 0 aromatic carbocycles. The van der Waals surface area contributed by atoms with Crippen molar-refractivity contribution in [3.63, 3.8) is 0 Å². The van der Waals surface area contributed by atoms with E-state index in [1.54, 1.807) is 44.0 Å². The highest BCUT2D eigenvalue weighted by Gasteiger charge is 2.38. The smallest absolute Gasteiger partial charge is 0.349 e. The van der Waals surface area contributed by atoms with Gasteiger partial charge in [0.1, 0.15) is 47.1 Å². The lowest BCUT2D eigenvalue weighted by atomic mass is 10.1. The van der Waals surface area contributed by atoms with E-state index in [4.69, 9.17) is 30.4 Å². The van der Waals surface area contributed by atoms with Crippen LogP contribution >= 0.6 is 0 Å². The number of nitrogens with two attached hydrogens (primary N) is 2. The van der Waals surface area contributed by atoms with Crippen molar-refractivity contribution in [1.29, 1.82) is 0 Å². The van der Waals surface area contributed by atoms with E-state index in [2.05, 4.69) is 46.8 Å². The third-order valence-corrected chi connectivity index (χ3v) is 14.3. The van der Waals surface area contributed by atoms with Crippen LogP contribution in [0.25, 0.3) is 39.7 Å². The molecule has 4 saturated heterocycles. The minimum absolute atomic E-state index is 0.120. The summed E-state index contributed by atoms with van der Waals surface area (Å²) in [7, 11) is 3.35. The number of nitrogens with zero attached hydrogens (tertiary/aromatic N) is 8. The Morgan fingerprint density at radius 3 is 1.84 bits per heavy atom. The third kappa shape index (κ3) is 11.9. The Balaban J connectivity index is 0.000000137. The molecule has 26 nitrogen and oxygen atoms in total. The molecule has 7 aromatic heterocycles. The molecule has 4 aliphatic rings. The number of fused-ring (bicyclic) bond motifs is 1. The first-order valence-electron chi connectivity index (χ1n) is 25.9. The lowest BCUT2D eigenvalue weighted by Gasteiger charge is -2.17. The number of aliphatic hydroxyl groups excluding tert-OH is 4. The Morgan fingerprint density at radius 1 is 0.701 bits per heavy atom. The average molecular weight is 1070 g/mol. The average Bonchev–Trinajstić information content (AvgIpc) is 4.40. The molecule has 7 aromatic rings. The van der Waals surface area contributed by atoms with Crippen molar-refractivity contribution in [1.82, 2.24) is 53.2 Å². The standard InChI is InChI=1S/C16H18N4O3.C13H18N4O3.2C11H17N3O3/c1-3-11-10(21)6-13(23-11)20-7-9-4-5-12(22)19-15-14(9)16(20)18-8(2)17-15;1-3-9-8(18)6-10(20-9)17-5-4-7-11(14-2)15-13(19)16-12(7)17;1-3-8-7(15)4-9(17-8)6-5-14(2)11(16)13-10(6)12;1-3-8-7(15)4-9(17-8)14-5-6(2)10(16)13-11(14)12/h4-5,7,10-11,13,18,21H,2-3,6H2,1H3,(H,17,19,22);4-5,8-10,18H,3,6H2,1-2H3,(H2,14,15,16,19);2*5,7-9,15H,3-4H2,1-2H3,(H2,12,13,16)/t10-,11-,13-;8-,9-,10-;2*7-,8-,9-/m1111/s1. The number of hydrogen-bond donors (Lipinski definition) is 10. The van der Waals surface area contributed by atoms with Crippen LogP contribution in [0.1, 0.15) is 115 Å². The molecule has 4 aliphatic heterocycles. The Kier molecular flexibility index (Phi) is 17.3. The molecule has 4 fully saturated rings. The van der Waals surface area contributed by atoms with Crippen molar-refractivity contribution in [3.8, 4) is 0 Å². The highest BCUT2D eigenvalue weighted by molar-refractivity contribution is 6.04. The van der Waals surface area contributed by atoms with Gasteiger partial charge in [-0.1, -0.05) is 34.3 Å². The normalized spacial score (nSPS) is 26.8. The van der Waals surface area contributed by atoms with E-state index in [1.807, 2.05) is 55.3 Å². The molecular formula is C51H70N14O12. The van der Waals surface area contributed by atoms with Crippen LogP contribution in [0.15, 0.2) is 62.2 Å². The SMILES string of the molecule is C=c1[nH]c2nc(=O)ccc3cn([C@H]4C[C@@H](O)[C@@H](CC)O4)c([nH]1)c32.CC[C@H]1O[C@@H](c2cn(C)c(=O)nc2N)C[C@H]1O.CC[C@H]1O[C@@H](n2cc(C)c(=O)nc2N)C[C@H]1O.CC[C@H]1O[C@@H](n2ccc3c(NC)[nH]c(=O)nc32)C[C@H]1O. The molecule has 11 heterocycles. The molecule has 0 unspecified atom stereocenters. The molecule has 0 amide bonds. The fourth-order valence-electron chi connectivity index (χ4n) is 10.2. The first kappa shape index (κ1) is 56.2. The molecule has 0 aliphatic carbocycles. The number of nitrogen functional groups attached to an aromatic ring is 2. The van der Waals surface area contributed by atoms with E-state index >= 15 is 0 Å². The summed E-state index contributed by atoms with van der Waals surface area (Å²) in [6.07, 6.45) is 8.20. The number of nitrogens with one attached hydrogen (secondary N) is 4. The number of aromatic nitrogens is 11. The number of aryl methyl sites for hydroxylation is 2. The molecule has 0 bridgehead atoms. The largest absolute Gasteiger partial charge is 0.390 e. The predicted molar refractivity (Wildman–Crippen MR) is 286 cm³/mol. The van der Waals surface area contributed by atoms with Crippen LogP contribution in [0.5, 0.6) is 0 Å². The van der Waals surface area contributed by atoms with Gasteiger partial charge >= 0.3 is 11.4 Å². The second kappa shape index (κ2) is 23.7. The van der Waals surface area contributed by atoms with E-state index in [1.165, 1.54) is 10.6 Å². The molecule has 12 atom stereocenters. The van der Waals surface area contributed by atoms with Crippen molar-refractivity contribution in [3.05, 3.63) is 101 Å². The zero-order chi connectivity index (χ0) is 55.6. The Morgan fingerprint density at radius 2 is 1.27 bits per heavy atom. The lowest BCUT2D eigenvalue weighted by molar-refractivity contribution is -0.0194. The van der Waals surface area contributed by atoms with Crippen LogP contribution in [-0.4, -0.2) is 129 Å². The second-order valence-corrected chi connectivity index (χ2v) is 19.6. The van der Waals surface area contributed by atoms with E-state index in [0.717, 1.165) is 47.5 Å². The van der Waals surface area contributed by atoms with Gasteiger partial charge in [-0.3, -0.25) is 19.1 Å². The van der Waals surface area contributed by atoms with Crippen molar-refractivity contribution < 1.29 is 39.4 Å². The van der Waals surface area contributed by atoms with Gasteiger partial charge in [-0.2, -0.15) is 19.9 Å². The maximum Gasteiger partial charge on any atom is 0.349 e. The summed E-state index contributed by atoms with van der Waals surface area (Å²) < 4.78 is 29.9. The van der Waals surface area contributed by atoms with Gasteiger partial charge in [-0.25, -0.2) is 9.59 Å². The van der Waals surface area contributed by atoms with Crippen LogP contribution in [0.2, 0.25) is 0 Å². The number of hydrogen-bond acceptors (Lipinski definition) is 19. The summed E-state index contributed by atoms with van der Waals surface area (Å²) in [5, 5.41) is 45.1. The highest BCUT2D eigenvalue weighted by atomic mass is 16.5. The molecule has 0 radical (unpaired) electrons. The number of rotatable bonds is 9. The minimum Gasteiger partial charge on any atom is -0.390 e. The monoisotopic (exact) mass is 1070 g/mol. The third-order valence-electron chi connectivity index (χ3n) is 14.3. The fraction of sp³-hybridized carbons (Fsp3) is 0.529. The number of ether oxygens (including phenoxy) is 4. The lowest BCUT2D eigenvalue weighted by Crippen LogP contribution is -2.23. The van der Waals surface area contributed by atoms with Gasteiger partial charge in [-0.15, -0.1) is 0 Å². The zero-order valence-corrected chi connectivity index (χ0v) is 44.1. The minimum atomic E-state index is -0.496. The second-order valence-electron chi connectivity index (χ2n) is 19.6. The molecule has 11 rings (SSSR count). The Labute approximate surface area is 440 Å². The van der Waals surface area contributed by atoms with Gasteiger partial charge in [0, 0.05) is 87.1 Å². The van der Waals surface area contributed by atoms with Gasteiger partial charge in [0.15, 0.2) is 5.65 Å². The first-order chi connectivity index (χ1) is 36.7. The molecule has 416 valence electrons. The maximum atomic E-state index is 11.7. The fourth-order valence-corrected chi connectivity index (χ4v) is 10.2. The van der Waals surface area contributed by atoms with Gasteiger partial charge < -0.3 is 79.8 Å². The topological polar surface area (TPSA) is 369 Å². The summed E-state index contributed by atoms with van der Waals surface area (Å²) in [6.45, 7) is 13.4. The highest BCUT2D eigenvalue weighted by Crippen LogP contribution is 2.38. The van der Waals surface area contributed by atoms with Gasteiger partial charge in [0.2, 0.25) is 5.95 Å². The molecular weight excluding hydrogens is 1000 g/mol. The van der Waals surface area contributed by atoms with E-state index in [-0.39, 0.29) is 72.1 Å². The zero-order valence-electron chi connectivity index (χ0n) is 44.1. The van der Waals surface area contributed by atoms with Crippen LogP contribution in [0, 0.1) is 6.92 Å². The van der Waals surface area contributed by atoms with Crippen LogP contribution in [0.4, 0.5) is 17.6 Å². The Hall–Kier alpha value is -7.04. The number of anilines is 3. The first-order valence-corrected chi connectivity index (χ1v) is 25.9. The van der Waals surface area contributed by atoms with Crippen molar-refractivity contribution >= 4 is 57.3 Å². The van der Waals surface area contributed by atoms with Gasteiger partial charge in [0.25, 0.3) is 11.1 Å². The molecule has 0 spiro atoms. The van der Waals surface area contributed by atoms with Crippen LogP contribution in [0.3, 0.4) is 0 Å². The summed E-state index contributed by atoms with van der Waals surface area (Å²) in [5.74, 6) is 0.931. The van der Waals surface area contributed by atoms with E-state index < -0.39 is 35.8 Å². The molecule has 77 heavy (non-hydrogen) atoms. The van der Waals surface area contributed by atoms with Gasteiger partial charge in [-0.05, 0) is 44.7 Å².